The molecular formula is C21H24N2O4S. The first-order chi connectivity index (χ1) is 13.5. The number of hydrogen-bond donors (Lipinski definition) is 1. The summed E-state index contributed by atoms with van der Waals surface area (Å²) in [6, 6.07) is 11.2. The number of fused-ring (bicyclic) bond motifs is 1. The fourth-order valence-corrected chi connectivity index (χ4v) is 3.95. The third kappa shape index (κ3) is 5.48. The third-order valence-corrected chi connectivity index (χ3v) is 5.73. The average molecular weight is 401 g/mol. The summed E-state index contributed by atoms with van der Waals surface area (Å²) < 4.78 is 5.70. The molecule has 1 aliphatic carbocycles. The molecule has 1 heterocycles. The van der Waals surface area contributed by atoms with Crippen LogP contribution in [0, 0.1) is 5.21 Å². The molecule has 1 N–H and O–H groups in total. The van der Waals surface area contributed by atoms with E-state index in [1.54, 1.807) is 18.2 Å². The number of hydrogen-bond acceptors (Lipinski definition) is 5. The Morgan fingerprint density at radius 2 is 2.00 bits per heavy atom. The Balaban J connectivity index is 1.43. The molecule has 3 rings (SSSR count). The molecule has 1 atom stereocenters. The minimum atomic E-state index is -0.537. The lowest BCUT2D eigenvalue weighted by Crippen LogP contribution is -2.32. The van der Waals surface area contributed by atoms with Gasteiger partial charge in [-0.05, 0) is 67.1 Å². The van der Waals surface area contributed by atoms with E-state index in [-0.39, 0.29) is 24.3 Å². The molecule has 0 radical (unpaired) electrons. The Hall–Kier alpha value is -2.54. The lowest BCUT2D eigenvalue weighted by Gasteiger charge is -2.20. The molecule has 28 heavy (non-hydrogen) atoms. The lowest BCUT2D eigenvalue weighted by molar-refractivity contribution is -0.645. The van der Waals surface area contributed by atoms with Crippen LogP contribution in [0.15, 0.2) is 47.6 Å². The number of nitrogens with one attached hydrogen (secondary N) is 1. The Labute approximate surface area is 168 Å². The van der Waals surface area contributed by atoms with Crippen LogP contribution in [0.25, 0.3) is 0 Å². The highest BCUT2D eigenvalue weighted by Crippen LogP contribution is 2.24. The van der Waals surface area contributed by atoms with Gasteiger partial charge in [-0.25, -0.2) is 0 Å². The maximum atomic E-state index is 12.1. The van der Waals surface area contributed by atoms with Crippen molar-refractivity contribution in [2.75, 3.05) is 12.4 Å². The maximum Gasteiger partial charge on any atom is 0.317 e. The number of benzene rings is 1. The third-order valence-electron chi connectivity index (χ3n) is 4.74. The molecule has 0 saturated heterocycles. The standard InChI is InChI=1S/C21H24N2O4S/c1-15(17-10-9-16-6-2-3-7-18(16)12-17)22-19(24)13-27-21(25)14-28-20-8-4-5-11-23(20)26/h4-5,8-12,15H,2-3,6-7,13-14H2,1H3,(H,22,24). The zero-order chi connectivity index (χ0) is 19.9. The van der Waals surface area contributed by atoms with Crippen molar-refractivity contribution in [2.45, 2.75) is 43.7 Å². The van der Waals surface area contributed by atoms with Gasteiger partial charge in [-0.3, -0.25) is 9.59 Å². The van der Waals surface area contributed by atoms with Crippen LogP contribution < -0.4 is 10.0 Å². The van der Waals surface area contributed by atoms with Gasteiger partial charge in [-0.1, -0.05) is 18.2 Å². The molecule has 1 unspecified atom stereocenters. The van der Waals surface area contributed by atoms with Gasteiger partial charge < -0.3 is 15.3 Å². The summed E-state index contributed by atoms with van der Waals surface area (Å²) in [5.74, 6) is -0.910. The number of pyridine rings is 1. The molecule has 1 aliphatic rings. The highest BCUT2D eigenvalue weighted by molar-refractivity contribution is 7.99. The first-order valence-electron chi connectivity index (χ1n) is 9.40. The predicted molar refractivity (Wildman–Crippen MR) is 107 cm³/mol. The summed E-state index contributed by atoms with van der Waals surface area (Å²) in [7, 11) is 0. The van der Waals surface area contributed by atoms with Crippen molar-refractivity contribution in [3.63, 3.8) is 0 Å². The second kappa shape index (κ2) is 9.59. The molecule has 0 aliphatic heterocycles. The molecule has 0 fully saturated rings. The van der Waals surface area contributed by atoms with E-state index in [1.165, 1.54) is 30.2 Å². The van der Waals surface area contributed by atoms with E-state index in [9.17, 15) is 14.8 Å². The van der Waals surface area contributed by atoms with Crippen molar-refractivity contribution >= 4 is 23.6 Å². The zero-order valence-electron chi connectivity index (χ0n) is 15.8. The van der Waals surface area contributed by atoms with Gasteiger partial charge in [0.1, 0.15) is 5.75 Å². The molecule has 1 aromatic heterocycles. The number of amides is 1. The van der Waals surface area contributed by atoms with Crippen LogP contribution in [-0.4, -0.2) is 24.2 Å². The van der Waals surface area contributed by atoms with Gasteiger partial charge in [0.25, 0.3) is 10.9 Å². The number of carbonyl (C=O) groups is 2. The number of aromatic nitrogens is 1. The maximum absolute atomic E-state index is 12.1. The van der Waals surface area contributed by atoms with Gasteiger partial charge in [-0.15, -0.1) is 0 Å². The second-order valence-corrected chi connectivity index (χ2v) is 7.83. The highest BCUT2D eigenvalue weighted by atomic mass is 32.2. The van der Waals surface area contributed by atoms with E-state index in [4.69, 9.17) is 4.74 Å². The SMILES string of the molecule is CC(NC(=O)COC(=O)CSc1cccc[n+]1[O-])c1ccc2c(c1)CCCC2. The van der Waals surface area contributed by atoms with E-state index < -0.39 is 5.97 Å². The summed E-state index contributed by atoms with van der Waals surface area (Å²) >= 11 is 1.07. The molecule has 0 saturated carbocycles. The van der Waals surface area contributed by atoms with Crippen molar-refractivity contribution in [3.05, 3.63) is 64.5 Å². The monoisotopic (exact) mass is 400 g/mol. The van der Waals surface area contributed by atoms with E-state index >= 15 is 0 Å². The second-order valence-electron chi connectivity index (χ2n) is 6.84. The summed E-state index contributed by atoms with van der Waals surface area (Å²) in [5.41, 5.74) is 3.82. The van der Waals surface area contributed by atoms with Crippen LogP contribution in [0.3, 0.4) is 0 Å². The Bertz CT molecular complexity index is 856. The molecule has 148 valence electrons. The van der Waals surface area contributed by atoms with E-state index in [0.717, 1.165) is 30.2 Å². The molecule has 7 heteroatoms. The summed E-state index contributed by atoms with van der Waals surface area (Å²) in [6.07, 6.45) is 6.02. The van der Waals surface area contributed by atoms with E-state index in [2.05, 4.69) is 23.5 Å². The summed E-state index contributed by atoms with van der Waals surface area (Å²) in [6.45, 7) is 1.59. The van der Waals surface area contributed by atoms with Gasteiger partial charge in [-0.2, -0.15) is 4.73 Å². The van der Waals surface area contributed by atoms with Crippen LogP contribution in [0.5, 0.6) is 0 Å². The van der Waals surface area contributed by atoms with Gasteiger partial charge in [0.05, 0.1) is 6.04 Å². The largest absolute Gasteiger partial charge is 0.618 e. The smallest absolute Gasteiger partial charge is 0.317 e. The molecule has 0 bridgehead atoms. The van der Waals surface area contributed by atoms with Crippen molar-refractivity contribution in [2.24, 2.45) is 0 Å². The number of nitrogens with zero attached hydrogens (tertiary/aromatic N) is 1. The number of thioether (sulfide) groups is 1. The van der Waals surface area contributed by atoms with Gasteiger partial charge in [0.2, 0.25) is 0 Å². The van der Waals surface area contributed by atoms with Crippen LogP contribution in [0.2, 0.25) is 0 Å². The van der Waals surface area contributed by atoms with E-state index in [1.807, 2.05) is 6.92 Å². The minimum Gasteiger partial charge on any atom is -0.618 e. The van der Waals surface area contributed by atoms with Crippen LogP contribution in [0.1, 0.15) is 42.5 Å². The number of carbonyl (C=O) groups excluding carboxylic acids is 2. The number of aryl methyl sites for hydroxylation is 2. The Morgan fingerprint density at radius 1 is 1.21 bits per heavy atom. The summed E-state index contributed by atoms with van der Waals surface area (Å²) in [4.78, 5) is 23.9. The molecule has 2 aromatic rings. The van der Waals surface area contributed by atoms with Crippen molar-refractivity contribution in [3.8, 4) is 0 Å². The molecular weight excluding hydrogens is 376 g/mol. The van der Waals surface area contributed by atoms with Crippen molar-refractivity contribution < 1.29 is 19.1 Å². The first kappa shape index (κ1) is 20.2. The average Bonchev–Trinajstić information content (AvgIpc) is 2.71. The lowest BCUT2D eigenvalue weighted by atomic mass is 9.89. The minimum absolute atomic E-state index is 0.0279. The van der Waals surface area contributed by atoms with Crippen molar-refractivity contribution in [1.82, 2.24) is 5.32 Å². The zero-order valence-corrected chi connectivity index (χ0v) is 16.7. The molecule has 1 aromatic carbocycles. The number of ether oxygens (including phenoxy) is 1. The molecule has 6 nitrogen and oxygen atoms in total. The fraction of sp³-hybridized carbons (Fsp3) is 0.381. The normalized spacial score (nSPS) is 14.0. The fourth-order valence-electron chi connectivity index (χ4n) is 3.23. The van der Waals surface area contributed by atoms with Crippen LogP contribution in [0.4, 0.5) is 0 Å². The van der Waals surface area contributed by atoms with Crippen LogP contribution >= 0.6 is 11.8 Å². The number of rotatable bonds is 7. The Kier molecular flexibility index (Phi) is 6.92. The highest BCUT2D eigenvalue weighted by Gasteiger charge is 2.16. The van der Waals surface area contributed by atoms with Gasteiger partial charge >= 0.3 is 5.97 Å². The predicted octanol–water partition coefficient (Wildman–Crippen LogP) is 2.71. The topological polar surface area (TPSA) is 82.3 Å². The summed E-state index contributed by atoms with van der Waals surface area (Å²) in [5, 5.41) is 14.8. The van der Waals surface area contributed by atoms with Crippen molar-refractivity contribution in [1.29, 1.82) is 0 Å². The molecule has 1 amide bonds. The van der Waals surface area contributed by atoms with Gasteiger partial charge in [0, 0.05) is 12.1 Å². The Morgan fingerprint density at radius 3 is 2.79 bits per heavy atom. The van der Waals surface area contributed by atoms with Crippen LogP contribution in [-0.2, 0) is 27.2 Å². The van der Waals surface area contributed by atoms with Gasteiger partial charge in [0.15, 0.2) is 12.8 Å². The first-order valence-corrected chi connectivity index (χ1v) is 10.4. The number of esters is 1. The van der Waals surface area contributed by atoms with E-state index in [0.29, 0.717) is 9.76 Å². The molecule has 0 spiro atoms. The quantitative estimate of drug-likeness (QED) is 0.334.